The topological polar surface area (TPSA) is 92.3 Å². The van der Waals surface area contributed by atoms with Crippen LogP contribution >= 0.6 is 0 Å². The van der Waals surface area contributed by atoms with Crippen LogP contribution < -0.4 is 4.90 Å². The lowest BCUT2D eigenvalue weighted by atomic mass is 10.1. The van der Waals surface area contributed by atoms with Crippen LogP contribution in [0.3, 0.4) is 0 Å². The Balaban J connectivity index is 1.58. The maximum atomic E-state index is 9.54. The Kier molecular flexibility index (Phi) is 3.15. The van der Waals surface area contributed by atoms with Gasteiger partial charge in [-0.1, -0.05) is 0 Å². The molecule has 1 saturated heterocycles. The standard InChI is InChI=1S/C14H15N7O/c22-11-2-6-20(7-3-11)13-16-8-10(9-17-13)12-18-14-15-4-1-5-21(14)19-12/h1,4-5,8-9,11,22H,2-3,6-7H2. The molecule has 0 aromatic carbocycles. The molecule has 8 nitrogen and oxygen atoms in total. The van der Waals surface area contributed by atoms with Crippen molar-refractivity contribution >= 4 is 11.7 Å². The molecule has 0 aliphatic carbocycles. The number of hydrogen-bond donors (Lipinski definition) is 1. The van der Waals surface area contributed by atoms with Gasteiger partial charge < -0.3 is 10.0 Å². The van der Waals surface area contributed by atoms with Crippen molar-refractivity contribution in [1.82, 2.24) is 29.5 Å². The third-order valence-electron chi connectivity index (χ3n) is 3.76. The molecular formula is C14H15N7O. The molecule has 22 heavy (non-hydrogen) atoms. The van der Waals surface area contributed by atoms with Gasteiger partial charge in [0.05, 0.1) is 11.7 Å². The minimum Gasteiger partial charge on any atom is -0.393 e. The van der Waals surface area contributed by atoms with Crippen molar-refractivity contribution in [3.63, 3.8) is 0 Å². The molecule has 0 radical (unpaired) electrons. The summed E-state index contributed by atoms with van der Waals surface area (Å²) in [4.78, 5) is 19.4. The Morgan fingerprint density at radius 1 is 1.09 bits per heavy atom. The van der Waals surface area contributed by atoms with Gasteiger partial charge >= 0.3 is 0 Å². The van der Waals surface area contributed by atoms with Gasteiger partial charge in [-0.15, -0.1) is 5.10 Å². The molecule has 0 unspecified atom stereocenters. The summed E-state index contributed by atoms with van der Waals surface area (Å²) in [7, 11) is 0. The second-order valence-electron chi connectivity index (χ2n) is 5.29. The summed E-state index contributed by atoms with van der Waals surface area (Å²) < 4.78 is 1.62. The molecule has 0 spiro atoms. The zero-order valence-corrected chi connectivity index (χ0v) is 11.9. The van der Waals surface area contributed by atoms with Gasteiger partial charge in [-0.2, -0.15) is 4.98 Å². The number of aliphatic hydroxyl groups excluding tert-OH is 1. The molecule has 0 bridgehead atoms. The van der Waals surface area contributed by atoms with Gasteiger partial charge in [-0.05, 0) is 18.9 Å². The lowest BCUT2D eigenvalue weighted by Crippen LogP contribution is -2.36. The van der Waals surface area contributed by atoms with E-state index in [2.05, 4.69) is 29.9 Å². The molecule has 4 heterocycles. The minimum absolute atomic E-state index is 0.204. The lowest BCUT2D eigenvalue weighted by Gasteiger charge is -2.29. The maximum Gasteiger partial charge on any atom is 0.252 e. The van der Waals surface area contributed by atoms with Crippen molar-refractivity contribution in [2.45, 2.75) is 18.9 Å². The Labute approximate surface area is 126 Å². The first kappa shape index (κ1) is 13.1. The van der Waals surface area contributed by atoms with E-state index in [4.69, 9.17) is 0 Å². The monoisotopic (exact) mass is 297 g/mol. The molecule has 3 aromatic heterocycles. The number of aromatic nitrogens is 6. The summed E-state index contributed by atoms with van der Waals surface area (Å²) in [6.07, 6.45) is 8.23. The Morgan fingerprint density at radius 2 is 1.86 bits per heavy atom. The van der Waals surface area contributed by atoms with Crippen LogP contribution in [-0.4, -0.2) is 53.9 Å². The zero-order chi connectivity index (χ0) is 14.9. The SMILES string of the molecule is OC1CCN(c2ncc(-c3nc4ncccn4n3)cn2)CC1. The van der Waals surface area contributed by atoms with Crippen molar-refractivity contribution in [2.75, 3.05) is 18.0 Å². The Hall–Kier alpha value is -2.61. The average molecular weight is 297 g/mol. The number of fused-ring (bicyclic) bond motifs is 1. The van der Waals surface area contributed by atoms with E-state index in [1.54, 1.807) is 35.4 Å². The van der Waals surface area contributed by atoms with E-state index in [1.165, 1.54) is 0 Å². The summed E-state index contributed by atoms with van der Waals surface area (Å²) in [6.45, 7) is 1.55. The van der Waals surface area contributed by atoms with Crippen LogP contribution in [0.15, 0.2) is 30.9 Å². The van der Waals surface area contributed by atoms with Gasteiger partial charge in [0.2, 0.25) is 5.95 Å². The van der Waals surface area contributed by atoms with E-state index in [0.29, 0.717) is 17.6 Å². The first-order valence-electron chi connectivity index (χ1n) is 7.22. The highest BCUT2D eigenvalue weighted by Crippen LogP contribution is 2.18. The Morgan fingerprint density at radius 3 is 2.59 bits per heavy atom. The van der Waals surface area contributed by atoms with E-state index in [-0.39, 0.29) is 6.10 Å². The van der Waals surface area contributed by atoms with E-state index < -0.39 is 0 Å². The van der Waals surface area contributed by atoms with Gasteiger partial charge in [0.25, 0.3) is 5.78 Å². The van der Waals surface area contributed by atoms with E-state index in [9.17, 15) is 5.11 Å². The fourth-order valence-electron chi connectivity index (χ4n) is 2.52. The summed E-state index contributed by atoms with van der Waals surface area (Å²) in [6, 6.07) is 1.80. The lowest BCUT2D eigenvalue weighted by molar-refractivity contribution is 0.145. The van der Waals surface area contributed by atoms with Gasteiger partial charge in [0, 0.05) is 37.9 Å². The maximum absolute atomic E-state index is 9.54. The average Bonchev–Trinajstić information content (AvgIpc) is 3.00. The third kappa shape index (κ3) is 2.37. The highest BCUT2D eigenvalue weighted by molar-refractivity contribution is 5.55. The number of anilines is 1. The van der Waals surface area contributed by atoms with Crippen molar-refractivity contribution < 1.29 is 5.11 Å². The first-order valence-corrected chi connectivity index (χ1v) is 7.22. The molecule has 112 valence electrons. The van der Waals surface area contributed by atoms with Crippen LogP contribution in [0, 0.1) is 0 Å². The molecule has 4 rings (SSSR count). The van der Waals surface area contributed by atoms with Crippen molar-refractivity contribution in [2.24, 2.45) is 0 Å². The molecule has 0 amide bonds. The molecule has 8 heteroatoms. The Bertz CT molecular complexity index is 744. The number of piperidine rings is 1. The fraction of sp³-hybridized carbons (Fsp3) is 0.357. The minimum atomic E-state index is -0.204. The van der Waals surface area contributed by atoms with Crippen molar-refractivity contribution in [3.05, 3.63) is 30.9 Å². The highest BCUT2D eigenvalue weighted by atomic mass is 16.3. The zero-order valence-electron chi connectivity index (χ0n) is 11.9. The van der Waals surface area contributed by atoms with Crippen molar-refractivity contribution in [1.29, 1.82) is 0 Å². The van der Waals surface area contributed by atoms with Crippen LogP contribution in [0.1, 0.15) is 12.8 Å². The molecule has 1 aliphatic heterocycles. The van der Waals surface area contributed by atoms with E-state index in [1.807, 2.05) is 0 Å². The van der Waals surface area contributed by atoms with Gasteiger partial charge in [0.1, 0.15) is 0 Å². The highest BCUT2D eigenvalue weighted by Gasteiger charge is 2.19. The predicted octanol–water partition coefficient (Wildman–Crippen LogP) is 0.542. The molecule has 1 aliphatic rings. The van der Waals surface area contributed by atoms with Crippen LogP contribution in [0.2, 0.25) is 0 Å². The first-order chi connectivity index (χ1) is 10.8. The normalized spacial score (nSPS) is 16.3. The van der Waals surface area contributed by atoms with E-state index in [0.717, 1.165) is 31.5 Å². The number of nitrogens with zero attached hydrogens (tertiary/aromatic N) is 7. The van der Waals surface area contributed by atoms with Gasteiger partial charge in [0.15, 0.2) is 5.82 Å². The van der Waals surface area contributed by atoms with Crippen LogP contribution in [0.4, 0.5) is 5.95 Å². The second kappa shape index (κ2) is 5.30. The summed E-state index contributed by atoms with van der Waals surface area (Å²) in [5, 5.41) is 13.9. The number of rotatable bonds is 2. The summed E-state index contributed by atoms with van der Waals surface area (Å²) in [5.74, 6) is 1.78. The summed E-state index contributed by atoms with van der Waals surface area (Å²) in [5.41, 5.74) is 0.756. The van der Waals surface area contributed by atoms with Crippen molar-refractivity contribution in [3.8, 4) is 11.4 Å². The van der Waals surface area contributed by atoms with Gasteiger partial charge in [-0.3, -0.25) is 0 Å². The second-order valence-corrected chi connectivity index (χ2v) is 5.29. The quantitative estimate of drug-likeness (QED) is 0.738. The van der Waals surface area contributed by atoms with E-state index >= 15 is 0 Å². The fourth-order valence-corrected chi connectivity index (χ4v) is 2.52. The largest absolute Gasteiger partial charge is 0.393 e. The molecule has 1 N–H and O–H groups in total. The molecule has 3 aromatic rings. The molecule has 1 fully saturated rings. The predicted molar refractivity (Wildman–Crippen MR) is 79.3 cm³/mol. The molecule has 0 atom stereocenters. The number of hydrogen-bond acceptors (Lipinski definition) is 7. The third-order valence-corrected chi connectivity index (χ3v) is 3.76. The van der Waals surface area contributed by atoms with Crippen LogP contribution in [-0.2, 0) is 0 Å². The van der Waals surface area contributed by atoms with Gasteiger partial charge in [-0.25, -0.2) is 19.5 Å². The number of aliphatic hydroxyl groups is 1. The molecule has 0 saturated carbocycles. The summed E-state index contributed by atoms with van der Waals surface area (Å²) >= 11 is 0. The molecular weight excluding hydrogens is 282 g/mol. The van der Waals surface area contributed by atoms with Crippen LogP contribution in [0.25, 0.3) is 17.2 Å². The van der Waals surface area contributed by atoms with Crippen LogP contribution in [0.5, 0.6) is 0 Å². The smallest absolute Gasteiger partial charge is 0.252 e.